The van der Waals surface area contributed by atoms with Crippen molar-refractivity contribution >= 4 is 12.1 Å². The monoisotopic (exact) mass is 398 g/mol. The predicted molar refractivity (Wildman–Crippen MR) is 115 cm³/mol. The normalized spacial score (nSPS) is 11.3. The van der Waals surface area contributed by atoms with Gasteiger partial charge < -0.3 is 14.2 Å². The van der Waals surface area contributed by atoms with E-state index in [0.717, 1.165) is 5.56 Å². The first-order chi connectivity index (χ1) is 13.8. The molecule has 156 valence electrons. The van der Waals surface area contributed by atoms with Crippen molar-refractivity contribution in [2.24, 2.45) is 5.10 Å². The van der Waals surface area contributed by atoms with Crippen molar-refractivity contribution in [1.29, 1.82) is 0 Å². The summed E-state index contributed by atoms with van der Waals surface area (Å²) >= 11 is 0. The first kappa shape index (κ1) is 22.3. The molecule has 0 saturated heterocycles. The van der Waals surface area contributed by atoms with E-state index in [1.807, 2.05) is 56.3 Å². The molecular weight excluding hydrogens is 368 g/mol. The summed E-state index contributed by atoms with van der Waals surface area (Å²) in [4.78, 5) is 11.9. The van der Waals surface area contributed by atoms with Gasteiger partial charge in [0.1, 0.15) is 5.75 Å². The molecule has 2 aromatic rings. The average molecular weight is 399 g/mol. The van der Waals surface area contributed by atoms with Crippen molar-refractivity contribution in [1.82, 2.24) is 5.43 Å². The fraction of sp³-hybridized carbons (Fsp3) is 0.391. The smallest absolute Gasteiger partial charge is 0.277 e. The average Bonchev–Trinajstić information content (AvgIpc) is 2.68. The Hall–Kier alpha value is -3.02. The van der Waals surface area contributed by atoms with Gasteiger partial charge in [-0.15, -0.1) is 0 Å². The molecule has 1 amide bonds. The van der Waals surface area contributed by atoms with Gasteiger partial charge in [-0.3, -0.25) is 4.79 Å². The first-order valence-electron chi connectivity index (χ1n) is 9.78. The number of hydrazone groups is 1. The lowest BCUT2D eigenvalue weighted by molar-refractivity contribution is -0.123. The van der Waals surface area contributed by atoms with Gasteiger partial charge in [0, 0.05) is 0 Å². The van der Waals surface area contributed by atoms with Gasteiger partial charge in [-0.1, -0.05) is 32.9 Å². The highest BCUT2D eigenvalue weighted by Gasteiger charge is 2.13. The third-order valence-corrected chi connectivity index (χ3v) is 4.06. The van der Waals surface area contributed by atoms with Gasteiger partial charge in [-0.05, 0) is 60.7 Å². The number of benzene rings is 2. The van der Waals surface area contributed by atoms with Crippen LogP contribution in [0.1, 0.15) is 45.7 Å². The molecule has 0 radical (unpaired) electrons. The second-order valence-electron chi connectivity index (χ2n) is 7.43. The van der Waals surface area contributed by atoms with E-state index in [4.69, 9.17) is 14.2 Å². The van der Waals surface area contributed by atoms with Crippen molar-refractivity contribution in [2.75, 3.05) is 19.8 Å². The Bertz CT molecular complexity index is 824. The fourth-order valence-corrected chi connectivity index (χ4v) is 2.56. The van der Waals surface area contributed by atoms with Crippen LogP contribution in [0.15, 0.2) is 47.6 Å². The molecular formula is C23H30N2O4. The van der Waals surface area contributed by atoms with Crippen LogP contribution >= 0.6 is 0 Å². The van der Waals surface area contributed by atoms with Gasteiger partial charge in [0.25, 0.3) is 5.91 Å². The zero-order chi connectivity index (χ0) is 21.3. The minimum absolute atomic E-state index is 0.0769. The van der Waals surface area contributed by atoms with Crippen molar-refractivity contribution in [2.45, 2.75) is 40.0 Å². The van der Waals surface area contributed by atoms with Gasteiger partial charge in [-0.2, -0.15) is 5.10 Å². The summed E-state index contributed by atoms with van der Waals surface area (Å²) in [5.74, 6) is 1.63. The standard InChI is InChI=1S/C23H30N2O4/c1-6-27-20-13-8-17(14-21(20)28-7-2)15-24-25-22(26)16-29-19-11-9-18(10-12-19)23(3,4)5/h8-15H,6-7,16H2,1-5H3,(H,25,26)/b24-15+. The van der Waals surface area contributed by atoms with E-state index in [0.29, 0.717) is 30.5 Å². The van der Waals surface area contributed by atoms with Crippen molar-refractivity contribution in [3.05, 3.63) is 53.6 Å². The van der Waals surface area contributed by atoms with Gasteiger partial charge in [-0.25, -0.2) is 5.43 Å². The summed E-state index contributed by atoms with van der Waals surface area (Å²) in [7, 11) is 0. The van der Waals surface area contributed by atoms with Crippen LogP contribution < -0.4 is 19.6 Å². The van der Waals surface area contributed by atoms with Gasteiger partial charge in [0.05, 0.1) is 19.4 Å². The first-order valence-corrected chi connectivity index (χ1v) is 9.78. The van der Waals surface area contributed by atoms with Crippen molar-refractivity contribution in [3.63, 3.8) is 0 Å². The quantitative estimate of drug-likeness (QED) is 0.505. The Morgan fingerprint density at radius 2 is 1.62 bits per heavy atom. The Morgan fingerprint density at radius 3 is 2.24 bits per heavy atom. The van der Waals surface area contributed by atoms with Crippen LogP contribution in [-0.2, 0) is 10.2 Å². The van der Waals surface area contributed by atoms with Crippen molar-refractivity contribution in [3.8, 4) is 17.2 Å². The molecule has 0 fully saturated rings. The summed E-state index contributed by atoms with van der Waals surface area (Å²) in [6.07, 6.45) is 1.55. The number of rotatable bonds is 9. The maximum Gasteiger partial charge on any atom is 0.277 e. The Balaban J connectivity index is 1.87. The van der Waals surface area contributed by atoms with Crippen LogP contribution in [0.3, 0.4) is 0 Å². The van der Waals surface area contributed by atoms with Gasteiger partial charge in [0.15, 0.2) is 18.1 Å². The lowest BCUT2D eigenvalue weighted by Gasteiger charge is -2.19. The van der Waals surface area contributed by atoms with E-state index in [1.54, 1.807) is 6.21 Å². The Morgan fingerprint density at radius 1 is 0.966 bits per heavy atom. The molecule has 0 aromatic heterocycles. The highest BCUT2D eigenvalue weighted by atomic mass is 16.5. The molecule has 0 bridgehead atoms. The summed E-state index contributed by atoms with van der Waals surface area (Å²) in [6.45, 7) is 11.3. The summed E-state index contributed by atoms with van der Waals surface area (Å²) in [5.41, 5.74) is 4.54. The van der Waals surface area contributed by atoms with E-state index >= 15 is 0 Å². The Kier molecular flexibility index (Phi) is 8.07. The maximum absolute atomic E-state index is 11.9. The minimum atomic E-state index is -0.336. The molecule has 0 spiro atoms. The predicted octanol–water partition coefficient (Wildman–Crippen LogP) is 4.31. The van der Waals surface area contributed by atoms with Crippen LogP contribution in [-0.4, -0.2) is 31.9 Å². The molecule has 2 aromatic carbocycles. The molecule has 1 N–H and O–H groups in total. The summed E-state index contributed by atoms with van der Waals surface area (Å²) in [5, 5.41) is 3.98. The van der Waals surface area contributed by atoms with Crippen LogP contribution in [0.4, 0.5) is 0 Å². The molecule has 0 saturated carbocycles. The minimum Gasteiger partial charge on any atom is -0.490 e. The molecule has 0 unspecified atom stereocenters. The number of hydrogen-bond donors (Lipinski definition) is 1. The van der Waals surface area contributed by atoms with Crippen LogP contribution in [0.25, 0.3) is 0 Å². The van der Waals surface area contributed by atoms with E-state index in [-0.39, 0.29) is 17.9 Å². The second-order valence-corrected chi connectivity index (χ2v) is 7.43. The van der Waals surface area contributed by atoms with E-state index in [9.17, 15) is 4.79 Å². The largest absolute Gasteiger partial charge is 0.490 e. The second kappa shape index (κ2) is 10.5. The molecule has 6 heteroatoms. The molecule has 29 heavy (non-hydrogen) atoms. The van der Waals surface area contributed by atoms with E-state index < -0.39 is 0 Å². The number of amides is 1. The number of nitrogens with one attached hydrogen (secondary N) is 1. The lowest BCUT2D eigenvalue weighted by atomic mass is 9.87. The summed E-state index contributed by atoms with van der Waals surface area (Å²) in [6, 6.07) is 13.2. The topological polar surface area (TPSA) is 69.2 Å². The number of carbonyl (C=O) groups excluding carboxylic acids is 1. The van der Waals surface area contributed by atoms with Crippen molar-refractivity contribution < 1.29 is 19.0 Å². The maximum atomic E-state index is 11.9. The molecule has 0 aliphatic heterocycles. The highest BCUT2D eigenvalue weighted by Crippen LogP contribution is 2.28. The van der Waals surface area contributed by atoms with E-state index in [2.05, 4.69) is 31.3 Å². The Labute approximate surface area is 172 Å². The fourth-order valence-electron chi connectivity index (χ4n) is 2.56. The van der Waals surface area contributed by atoms with Crippen LogP contribution in [0.2, 0.25) is 0 Å². The number of ether oxygens (including phenoxy) is 3. The van der Waals surface area contributed by atoms with Gasteiger partial charge >= 0.3 is 0 Å². The molecule has 6 nitrogen and oxygen atoms in total. The molecule has 0 heterocycles. The SMILES string of the molecule is CCOc1ccc(/C=N/NC(=O)COc2ccc(C(C)(C)C)cc2)cc1OCC. The third-order valence-electron chi connectivity index (χ3n) is 4.06. The number of nitrogens with zero attached hydrogens (tertiary/aromatic N) is 1. The zero-order valence-electron chi connectivity index (χ0n) is 17.8. The van der Waals surface area contributed by atoms with E-state index in [1.165, 1.54) is 5.56 Å². The zero-order valence-corrected chi connectivity index (χ0v) is 17.8. The lowest BCUT2D eigenvalue weighted by Crippen LogP contribution is -2.24. The third kappa shape index (κ3) is 7.14. The number of hydrogen-bond acceptors (Lipinski definition) is 5. The molecule has 2 rings (SSSR count). The molecule has 0 aliphatic rings. The van der Waals surface area contributed by atoms with Gasteiger partial charge in [0.2, 0.25) is 0 Å². The number of carbonyl (C=O) groups is 1. The molecule has 0 aliphatic carbocycles. The van der Waals surface area contributed by atoms with Crippen LogP contribution in [0, 0.1) is 0 Å². The summed E-state index contributed by atoms with van der Waals surface area (Å²) < 4.78 is 16.6. The highest BCUT2D eigenvalue weighted by molar-refractivity contribution is 5.83. The molecule has 0 atom stereocenters. The van der Waals surface area contributed by atoms with Crippen LogP contribution in [0.5, 0.6) is 17.2 Å².